The lowest BCUT2D eigenvalue weighted by atomic mass is 10.2. The van der Waals surface area contributed by atoms with Gasteiger partial charge >= 0.3 is 5.69 Å². The Balaban J connectivity index is 2.18. The summed E-state index contributed by atoms with van der Waals surface area (Å²) in [6.45, 7) is 1.88. The maximum Gasteiger partial charge on any atom is 0.329 e. The van der Waals surface area contributed by atoms with E-state index in [-0.39, 0.29) is 36.1 Å². The van der Waals surface area contributed by atoms with Gasteiger partial charge < -0.3 is 15.7 Å². The molecular weight excluding hydrogens is 250 g/mol. The third-order valence-electron chi connectivity index (χ3n) is 2.93. The maximum atomic E-state index is 10.9. The lowest BCUT2D eigenvalue weighted by Gasteiger charge is -2.14. The molecule has 1 fully saturated rings. The van der Waals surface area contributed by atoms with Crippen LogP contribution in [0.3, 0.4) is 0 Å². The van der Waals surface area contributed by atoms with Gasteiger partial charge in [-0.2, -0.15) is 4.98 Å². The Morgan fingerprint density at radius 3 is 2.89 bits per heavy atom. The highest BCUT2D eigenvalue weighted by atomic mass is 16.6. The third kappa shape index (κ3) is 3.50. The summed E-state index contributed by atoms with van der Waals surface area (Å²) in [5.41, 5.74) is -0.130. The molecule has 0 radical (unpaired) electrons. The van der Waals surface area contributed by atoms with E-state index in [9.17, 15) is 10.1 Å². The SMILES string of the molecule is CCC(CO)Nc1ncc([N+](=O)[O-])c(NC2CC2)n1. The summed E-state index contributed by atoms with van der Waals surface area (Å²) < 4.78 is 0. The Labute approximate surface area is 110 Å². The van der Waals surface area contributed by atoms with Gasteiger partial charge in [0.05, 0.1) is 17.6 Å². The highest BCUT2D eigenvalue weighted by Crippen LogP contribution is 2.29. The summed E-state index contributed by atoms with van der Waals surface area (Å²) in [5.74, 6) is 0.521. The van der Waals surface area contributed by atoms with Crippen molar-refractivity contribution in [3.05, 3.63) is 16.3 Å². The van der Waals surface area contributed by atoms with E-state index in [4.69, 9.17) is 5.11 Å². The fraction of sp³-hybridized carbons (Fsp3) is 0.636. The Morgan fingerprint density at radius 1 is 1.63 bits per heavy atom. The summed E-state index contributed by atoms with van der Waals surface area (Å²) in [7, 11) is 0. The summed E-state index contributed by atoms with van der Waals surface area (Å²) in [6, 6.07) is 0.108. The predicted molar refractivity (Wildman–Crippen MR) is 70.1 cm³/mol. The first kappa shape index (κ1) is 13.5. The van der Waals surface area contributed by atoms with Crippen molar-refractivity contribution in [3.8, 4) is 0 Å². The molecular formula is C11H17N5O3. The lowest BCUT2D eigenvalue weighted by Crippen LogP contribution is -2.24. The van der Waals surface area contributed by atoms with E-state index in [1.807, 2.05) is 6.92 Å². The molecule has 1 aliphatic rings. The summed E-state index contributed by atoms with van der Waals surface area (Å²) in [6.07, 6.45) is 3.89. The van der Waals surface area contributed by atoms with Crippen molar-refractivity contribution in [2.24, 2.45) is 0 Å². The minimum atomic E-state index is -0.502. The summed E-state index contributed by atoms with van der Waals surface area (Å²) >= 11 is 0. The first-order valence-electron chi connectivity index (χ1n) is 6.29. The molecule has 2 rings (SSSR count). The molecule has 1 heterocycles. The smallest absolute Gasteiger partial charge is 0.329 e. The number of aromatic nitrogens is 2. The van der Waals surface area contributed by atoms with Crippen molar-refractivity contribution in [1.29, 1.82) is 0 Å². The fourth-order valence-corrected chi connectivity index (χ4v) is 1.57. The standard InChI is InChI=1S/C11H17N5O3/c1-2-7(6-17)14-11-12-5-9(16(18)19)10(15-11)13-8-3-4-8/h5,7-8,17H,2-4,6H2,1H3,(H2,12,13,14,15). The van der Waals surface area contributed by atoms with Crippen LogP contribution in [0.4, 0.5) is 17.5 Å². The number of nitro groups is 1. The average molecular weight is 267 g/mol. The van der Waals surface area contributed by atoms with Gasteiger partial charge in [0.2, 0.25) is 11.8 Å². The zero-order chi connectivity index (χ0) is 13.8. The second kappa shape index (κ2) is 5.79. The van der Waals surface area contributed by atoms with Gasteiger partial charge in [-0.1, -0.05) is 6.92 Å². The minimum absolute atomic E-state index is 0.0394. The van der Waals surface area contributed by atoms with Crippen LogP contribution in [0.2, 0.25) is 0 Å². The molecule has 104 valence electrons. The van der Waals surface area contributed by atoms with Crippen LogP contribution < -0.4 is 10.6 Å². The minimum Gasteiger partial charge on any atom is -0.394 e. The Hall–Kier alpha value is -1.96. The molecule has 0 aliphatic heterocycles. The van der Waals surface area contributed by atoms with Crippen molar-refractivity contribution >= 4 is 17.5 Å². The molecule has 0 bridgehead atoms. The predicted octanol–water partition coefficient (Wildman–Crippen LogP) is 1.14. The molecule has 3 N–H and O–H groups in total. The normalized spacial score (nSPS) is 15.9. The van der Waals surface area contributed by atoms with E-state index in [0.29, 0.717) is 6.42 Å². The van der Waals surface area contributed by atoms with E-state index >= 15 is 0 Å². The monoisotopic (exact) mass is 267 g/mol. The van der Waals surface area contributed by atoms with Crippen molar-refractivity contribution in [2.45, 2.75) is 38.3 Å². The lowest BCUT2D eigenvalue weighted by molar-refractivity contribution is -0.384. The number of aliphatic hydroxyl groups is 1. The van der Waals surface area contributed by atoms with Crippen LogP contribution in [0.1, 0.15) is 26.2 Å². The van der Waals surface area contributed by atoms with Crippen molar-refractivity contribution in [2.75, 3.05) is 17.2 Å². The van der Waals surface area contributed by atoms with Gasteiger partial charge in [0, 0.05) is 6.04 Å². The van der Waals surface area contributed by atoms with Crippen LogP contribution >= 0.6 is 0 Å². The van der Waals surface area contributed by atoms with E-state index in [1.54, 1.807) is 0 Å². The van der Waals surface area contributed by atoms with Gasteiger partial charge in [0.15, 0.2) is 0 Å². The Kier molecular flexibility index (Phi) is 4.10. The largest absolute Gasteiger partial charge is 0.394 e. The van der Waals surface area contributed by atoms with E-state index in [2.05, 4.69) is 20.6 Å². The number of hydrogen-bond donors (Lipinski definition) is 3. The number of anilines is 2. The van der Waals surface area contributed by atoms with Crippen LogP contribution in [0.25, 0.3) is 0 Å². The summed E-state index contributed by atoms with van der Waals surface area (Å²) in [4.78, 5) is 18.4. The van der Waals surface area contributed by atoms with Crippen LogP contribution in [-0.2, 0) is 0 Å². The van der Waals surface area contributed by atoms with Gasteiger partial charge in [-0.05, 0) is 19.3 Å². The zero-order valence-corrected chi connectivity index (χ0v) is 10.7. The van der Waals surface area contributed by atoms with E-state index < -0.39 is 4.92 Å². The molecule has 1 aliphatic carbocycles. The number of rotatable bonds is 7. The molecule has 1 atom stereocenters. The highest BCUT2D eigenvalue weighted by molar-refractivity contribution is 5.58. The van der Waals surface area contributed by atoms with Gasteiger partial charge in [-0.15, -0.1) is 0 Å². The number of hydrogen-bond acceptors (Lipinski definition) is 7. The molecule has 0 aromatic carbocycles. The fourth-order valence-electron chi connectivity index (χ4n) is 1.57. The molecule has 1 aromatic heterocycles. The second-order valence-corrected chi connectivity index (χ2v) is 4.54. The molecule has 1 saturated carbocycles. The van der Waals surface area contributed by atoms with Crippen LogP contribution in [0.15, 0.2) is 6.20 Å². The quantitative estimate of drug-likeness (QED) is 0.501. The molecule has 8 nitrogen and oxygen atoms in total. The number of nitrogens with zero attached hydrogens (tertiary/aromatic N) is 3. The molecule has 1 unspecified atom stereocenters. The summed E-state index contributed by atoms with van der Waals surface area (Å²) in [5, 5.41) is 26.0. The van der Waals surface area contributed by atoms with Crippen molar-refractivity contribution in [3.63, 3.8) is 0 Å². The molecule has 8 heteroatoms. The first-order valence-corrected chi connectivity index (χ1v) is 6.29. The zero-order valence-electron chi connectivity index (χ0n) is 10.7. The molecule has 0 saturated heterocycles. The van der Waals surface area contributed by atoms with Gasteiger partial charge in [-0.3, -0.25) is 10.1 Å². The van der Waals surface area contributed by atoms with Crippen molar-refractivity contribution < 1.29 is 10.0 Å². The molecule has 1 aromatic rings. The van der Waals surface area contributed by atoms with Crippen LogP contribution in [0.5, 0.6) is 0 Å². The third-order valence-corrected chi connectivity index (χ3v) is 2.93. The van der Waals surface area contributed by atoms with Crippen LogP contribution in [0, 0.1) is 10.1 Å². The topological polar surface area (TPSA) is 113 Å². The number of nitrogens with one attached hydrogen (secondary N) is 2. The molecule has 19 heavy (non-hydrogen) atoms. The van der Waals surface area contributed by atoms with Gasteiger partial charge in [-0.25, -0.2) is 4.98 Å². The van der Waals surface area contributed by atoms with Crippen LogP contribution in [-0.4, -0.2) is 38.7 Å². The number of aliphatic hydroxyl groups excluding tert-OH is 1. The highest BCUT2D eigenvalue weighted by Gasteiger charge is 2.26. The Bertz CT molecular complexity index is 460. The van der Waals surface area contributed by atoms with E-state index in [0.717, 1.165) is 12.8 Å². The van der Waals surface area contributed by atoms with Gasteiger partial charge in [0.1, 0.15) is 6.20 Å². The maximum absolute atomic E-state index is 10.9. The molecule has 0 spiro atoms. The first-order chi connectivity index (χ1) is 9.13. The average Bonchev–Trinajstić information content (AvgIpc) is 3.19. The van der Waals surface area contributed by atoms with Crippen molar-refractivity contribution in [1.82, 2.24) is 9.97 Å². The van der Waals surface area contributed by atoms with Gasteiger partial charge in [0.25, 0.3) is 0 Å². The second-order valence-electron chi connectivity index (χ2n) is 4.54. The molecule has 0 amide bonds. The van der Waals surface area contributed by atoms with E-state index in [1.165, 1.54) is 6.20 Å². The Morgan fingerprint density at radius 2 is 2.37 bits per heavy atom.